The number of aromatic nitrogens is 4. The summed E-state index contributed by atoms with van der Waals surface area (Å²) in [6.07, 6.45) is 2.46. The van der Waals surface area contributed by atoms with Gasteiger partial charge in [-0.15, -0.1) is 10.2 Å². The molecular weight excluding hydrogens is 274 g/mol. The van der Waals surface area contributed by atoms with E-state index in [1.807, 2.05) is 0 Å². The molecule has 0 atom stereocenters. The Morgan fingerprint density at radius 3 is 2.59 bits per heavy atom. The second kappa shape index (κ2) is 4.93. The highest BCUT2D eigenvalue weighted by atomic mass is 15.4. The average molecular weight is 295 g/mol. The molecule has 1 aliphatic rings. The Morgan fingerprint density at radius 1 is 1.09 bits per heavy atom. The number of rotatable bonds is 2. The summed E-state index contributed by atoms with van der Waals surface area (Å²) in [6.45, 7) is 8.55. The molecule has 3 heterocycles. The van der Waals surface area contributed by atoms with Crippen LogP contribution in [0.25, 0.3) is 16.6 Å². The minimum atomic E-state index is 0.320. The van der Waals surface area contributed by atoms with E-state index >= 15 is 0 Å². The Balaban J connectivity index is 2.09. The van der Waals surface area contributed by atoms with E-state index in [9.17, 15) is 0 Å². The van der Waals surface area contributed by atoms with Gasteiger partial charge in [0.05, 0.1) is 5.52 Å². The normalized spacial score (nSPS) is 15.5. The van der Waals surface area contributed by atoms with Crippen LogP contribution in [-0.2, 0) is 0 Å². The van der Waals surface area contributed by atoms with Gasteiger partial charge in [0.1, 0.15) is 5.82 Å². The van der Waals surface area contributed by atoms with E-state index in [1.165, 1.54) is 18.4 Å². The fourth-order valence-corrected chi connectivity index (χ4v) is 3.26. The molecule has 1 aromatic carbocycles. The third kappa shape index (κ3) is 1.95. The number of hydrogen-bond donors (Lipinski definition) is 0. The fourth-order valence-electron chi connectivity index (χ4n) is 3.26. The zero-order valence-corrected chi connectivity index (χ0v) is 13.4. The molecule has 0 saturated carbocycles. The van der Waals surface area contributed by atoms with E-state index < -0.39 is 0 Å². The van der Waals surface area contributed by atoms with Crippen LogP contribution in [0.1, 0.15) is 44.0 Å². The summed E-state index contributed by atoms with van der Waals surface area (Å²) in [5.41, 5.74) is 3.15. The SMILES string of the molecule is Cc1ccc2nc(N3CCCC3)n3c(C(C)C)nnc3c2c1. The second-order valence-electron chi connectivity index (χ2n) is 6.50. The molecule has 0 N–H and O–H groups in total. The molecule has 22 heavy (non-hydrogen) atoms. The first-order valence-electron chi connectivity index (χ1n) is 8.05. The molecular formula is C17H21N5. The highest BCUT2D eigenvalue weighted by Crippen LogP contribution is 2.28. The maximum absolute atomic E-state index is 4.95. The number of benzene rings is 1. The van der Waals surface area contributed by atoms with Crippen LogP contribution in [0.5, 0.6) is 0 Å². The molecule has 1 fully saturated rings. The number of fused-ring (bicyclic) bond motifs is 3. The Labute approximate surface area is 130 Å². The molecule has 0 amide bonds. The molecule has 114 valence electrons. The zero-order chi connectivity index (χ0) is 15.3. The summed E-state index contributed by atoms with van der Waals surface area (Å²) < 4.78 is 2.16. The molecule has 0 spiro atoms. The Morgan fingerprint density at radius 2 is 1.86 bits per heavy atom. The number of hydrogen-bond acceptors (Lipinski definition) is 4. The Bertz CT molecular complexity index is 843. The Kier molecular flexibility index (Phi) is 3.03. The minimum absolute atomic E-state index is 0.320. The van der Waals surface area contributed by atoms with Gasteiger partial charge in [0.2, 0.25) is 5.95 Å². The smallest absolute Gasteiger partial charge is 0.213 e. The quantitative estimate of drug-likeness (QED) is 0.727. The van der Waals surface area contributed by atoms with Crippen LogP contribution in [-0.4, -0.2) is 32.7 Å². The zero-order valence-electron chi connectivity index (χ0n) is 13.4. The van der Waals surface area contributed by atoms with Gasteiger partial charge in [0.25, 0.3) is 0 Å². The second-order valence-corrected chi connectivity index (χ2v) is 6.50. The Hall–Kier alpha value is -2.17. The lowest BCUT2D eigenvalue weighted by Gasteiger charge is -2.20. The first-order valence-corrected chi connectivity index (χ1v) is 8.05. The lowest BCUT2D eigenvalue weighted by molar-refractivity contribution is 0.745. The summed E-state index contributed by atoms with van der Waals surface area (Å²) in [7, 11) is 0. The van der Waals surface area contributed by atoms with Gasteiger partial charge in [-0.3, -0.25) is 0 Å². The van der Waals surface area contributed by atoms with Gasteiger partial charge in [0.15, 0.2) is 5.65 Å². The lowest BCUT2D eigenvalue weighted by Crippen LogP contribution is -2.23. The topological polar surface area (TPSA) is 46.3 Å². The van der Waals surface area contributed by atoms with Crippen molar-refractivity contribution < 1.29 is 0 Å². The maximum atomic E-state index is 4.95. The van der Waals surface area contributed by atoms with Crippen molar-refractivity contribution in [1.82, 2.24) is 19.6 Å². The van der Waals surface area contributed by atoms with Gasteiger partial charge < -0.3 is 4.90 Å². The van der Waals surface area contributed by atoms with E-state index in [4.69, 9.17) is 4.98 Å². The van der Waals surface area contributed by atoms with Gasteiger partial charge in [0, 0.05) is 24.4 Å². The highest BCUT2D eigenvalue weighted by molar-refractivity contribution is 5.93. The first-order chi connectivity index (χ1) is 10.6. The standard InChI is InChI=1S/C17H21N5/c1-11(2)15-19-20-16-13-10-12(3)6-7-14(13)18-17(22(15)16)21-8-4-5-9-21/h6-7,10-11H,4-5,8-9H2,1-3H3. The van der Waals surface area contributed by atoms with Crippen LogP contribution in [0.4, 0.5) is 5.95 Å². The van der Waals surface area contributed by atoms with Crippen LogP contribution in [0.2, 0.25) is 0 Å². The number of nitrogens with zero attached hydrogens (tertiary/aromatic N) is 5. The van der Waals surface area contributed by atoms with Gasteiger partial charge in [-0.2, -0.15) is 0 Å². The van der Waals surface area contributed by atoms with Gasteiger partial charge >= 0.3 is 0 Å². The van der Waals surface area contributed by atoms with E-state index in [2.05, 4.69) is 58.5 Å². The van der Waals surface area contributed by atoms with E-state index in [0.29, 0.717) is 5.92 Å². The van der Waals surface area contributed by atoms with Crippen LogP contribution in [0.3, 0.4) is 0 Å². The fraction of sp³-hybridized carbons (Fsp3) is 0.471. The van der Waals surface area contributed by atoms with Crippen molar-refractivity contribution in [1.29, 1.82) is 0 Å². The summed E-state index contributed by atoms with van der Waals surface area (Å²) in [6, 6.07) is 6.36. The van der Waals surface area contributed by atoms with E-state index in [-0.39, 0.29) is 0 Å². The average Bonchev–Trinajstić information content (AvgIpc) is 3.16. The predicted octanol–water partition coefficient (Wildman–Crippen LogP) is 3.31. The molecule has 3 aromatic rings. The molecule has 0 unspecified atom stereocenters. The molecule has 4 rings (SSSR count). The van der Waals surface area contributed by atoms with Crippen molar-refractivity contribution in [2.24, 2.45) is 0 Å². The van der Waals surface area contributed by atoms with Crippen molar-refractivity contribution in [3.8, 4) is 0 Å². The molecule has 0 aliphatic carbocycles. The summed E-state index contributed by atoms with van der Waals surface area (Å²) in [5.74, 6) is 2.31. The van der Waals surface area contributed by atoms with Crippen LogP contribution >= 0.6 is 0 Å². The van der Waals surface area contributed by atoms with Gasteiger partial charge in [-0.25, -0.2) is 9.38 Å². The molecule has 5 heteroatoms. The summed E-state index contributed by atoms with van der Waals surface area (Å²) >= 11 is 0. The maximum Gasteiger partial charge on any atom is 0.213 e. The van der Waals surface area contributed by atoms with Crippen LogP contribution in [0, 0.1) is 6.92 Å². The predicted molar refractivity (Wildman–Crippen MR) is 88.6 cm³/mol. The van der Waals surface area contributed by atoms with Gasteiger partial charge in [-0.05, 0) is 31.9 Å². The monoisotopic (exact) mass is 295 g/mol. The van der Waals surface area contributed by atoms with Crippen molar-refractivity contribution in [3.63, 3.8) is 0 Å². The highest BCUT2D eigenvalue weighted by Gasteiger charge is 2.22. The molecule has 0 bridgehead atoms. The van der Waals surface area contributed by atoms with E-state index in [1.54, 1.807) is 0 Å². The molecule has 5 nitrogen and oxygen atoms in total. The molecule has 1 aliphatic heterocycles. The van der Waals surface area contributed by atoms with E-state index in [0.717, 1.165) is 41.4 Å². The van der Waals surface area contributed by atoms with Crippen molar-refractivity contribution >= 4 is 22.5 Å². The van der Waals surface area contributed by atoms with Crippen LogP contribution in [0.15, 0.2) is 18.2 Å². The summed E-state index contributed by atoms with van der Waals surface area (Å²) in [4.78, 5) is 7.31. The molecule has 0 radical (unpaired) electrons. The van der Waals surface area contributed by atoms with Crippen LogP contribution < -0.4 is 4.90 Å². The third-order valence-corrected chi connectivity index (χ3v) is 4.41. The van der Waals surface area contributed by atoms with Crippen molar-refractivity contribution in [2.45, 2.75) is 39.5 Å². The van der Waals surface area contributed by atoms with Crippen molar-refractivity contribution in [2.75, 3.05) is 18.0 Å². The third-order valence-electron chi connectivity index (χ3n) is 4.41. The lowest BCUT2D eigenvalue weighted by atomic mass is 10.1. The molecule has 1 saturated heterocycles. The first kappa shape index (κ1) is 13.5. The largest absolute Gasteiger partial charge is 0.342 e. The number of anilines is 1. The van der Waals surface area contributed by atoms with Crippen molar-refractivity contribution in [3.05, 3.63) is 29.6 Å². The number of aryl methyl sites for hydroxylation is 1. The minimum Gasteiger partial charge on any atom is -0.342 e. The molecule has 2 aromatic heterocycles. The van der Waals surface area contributed by atoms with Gasteiger partial charge in [-0.1, -0.05) is 25.5 Å². The summed E-state index contributed by atoms with van der Waals surface area (Å²) in [5, 5.41) is 10.0.